The molecule has 0 bridgehead atoms. The van der Waals surface area contributed by atoms with E-state index < -0.39 is 0 Å². The molecule has 4 nitrogen and oxygen atoms in total. The monoisotopic (exact) mass is 236 g/mol. The quantitative estimate of drug-likeness (QED) is 0.607. The summed E-state index contributed by atoms with van der Waals surface area (Å²) in [5.41, 5.74) is 7.52. The number of thiol groups is 1. The minimum absolute atomic E-state index is 0.141. The van der Waals surface area contributed by atoms with Crippen LogP contribution in [0.2, 0.25) is 0 Å². The van der Waals surface area contributed by atoms with Gasteiger partial charge in [0.05, 0.1) is 19.1 Å². The summed E-state index contributed by atoms with van der Waals surface area (Å²) in [6.45, 7) is 0.273. The van der Waals surface area contributed by atoms with Gasteiger partial charge in [0.2, 0.25) is 0 Å². The highest BCUT2D eigenvalue weighted by Crippen LogP contribution is 2.20. The molecule has 0 spiro atoms. The number of nitrogens with two attached hydrogens (primary N) is 1. The molecule has 0 saturated carbocycles. The van der Waals surface area contributed by atoms with E-state index in [0.29, 0.717) is 10.5 Å². The largest absolute Gasteiger partial charge is 0.469 e. The van der Waals surface area contributed by atoms with Gasteiger partial charge in [-0.05, 0) is 23.3 Å². The van der Waals surface area contributed by atoms with Crippen LogP contribution in [-0.2, 0) is 22.5 Å². The van der Waals surface area contributed by atoms with Gasteiger partial charge in [-0.1, -0.05) is 0 Å². The van der Waals surface area contributed by atoms with Gasteiger partial charge in [-0.3, -0.25) is 4.79 Å². The Balaban J connectivity index is 3.14. The highest BCUT2D eigenvalue weighted by atomic mass is 32.1. The first kappa shape index (κ1) is 12.6. The number of nitriles is 1. The first-order valence-electron chi connectivity index (χ1n) is 4.64. The van der Waals surface area contributed by atoms with Crippen LogP contribution in [0, 0.1) is 11.3 Å². The summed E-state index contributed by atoms with van der Waals surface area (Å²) in [6, 6.07) is 5.35. The molecule has 0 atom stereocenters. The lowest BCUT2D eigenvalue weighted by Gasteiger charge is -2.09. The molecule has 1 aromatic rings. The van der Waals surface area contributed by atoms with E-state index in [9.17, 15) is 4.79 Å². The first-order valence-corrected chi connectivity index (χ1v) is 5.08. The van der Waals surface area contributed by atoms with Crippen LogP contribution < -0.4 is 5.73 Å². The van der Waals surface area contributed by atoms with E-state index in [2.05, 4.69) is 17.4 Å². The third-order valence-corrected chi connectivity index (χ3v) is 2.59. The van der Waals surface area contributed by atoms with Crippen molar-refractivity contribution >= 4 is 18.6 Å². The van der Waals surface area contributed by atoms with Crippen molar-refractivity contribution in [1.82, 2.24) is 0 Å². The van der Waals surface area contributed by atoms with E-state index in [1.54, 1.807) is 12.1 Å². The van der Waals surface area contributed by atoms with Gasteiger partial charge in [0, 0.05) is 11.4 Å². The highest BCUT2D eigenvalue weighted by Gasteiger charge is 2.10. The van der Waals surface area contributed by atoms with Gasteiger partial charge < -0.3 is 10.5 Å². The molecule has 1 rings (SSSR count). The number of hydrogen-bond donors (Lipinski definition) is 2. The molecule has 16 heavy (non-hydrogen) atoms. The second kappa shape index (κ2) is 5.54. The normalized spacial score (nSPS) is 9.62. The molecule has 0 saturated heterocycles. The zero-order chi connectivity index (χ0) is 12.1. The predicted octanol–water partition coefficient (Wildman–Crippen LogP) is 1.02. The number of benzene rings is 1. The van der Waals surface area contributed by atoms with Crippen molar-refractivity contribution in [2.24, 2.45) is 5.73 Å². The van der Waals surface area contributed by atoms with Gasteiger partial charge in [0.15, 0.2) is 0 Å². The van der Waals surface area contributed by atoms with Gasteiger partial charge in [-0.2, -0.15) is 5.26 Å². The van der Waals surface area contributed by atoms with Gasteiger partial charge >= 0.3 is 5.97 Å². The van der Waals surface area contributed by atoms with E-state index in [1.165, 1.54) is 7.11 Å². The van der Waals surface area contributed by atoms with Crippen molar-refractivity contribution in [3.63, 3.8) is 0 Å². The maximum absolute atomic E-state index is 11.2. The van der Waals surface area contributed by atoms with E-state index in [0.717, 1.165) is 11.1 Å². The average molecular weight is 236 g/mol. The van der Waals surface area contributed by atoms with Crippen molar-refractivity contribution in [2.45, 2.75) is 17.9 Å². The number of carbonyl (C=O) groups is 1. The van der Waals surface area contributed by atoms with E-state index >= 15 is 0 Å². The topological polar surface area (TPSA) is 76.1 Å². The zero-order valence-corrected chi connectivity index (χ0v) is 9.75. The van der Waals surface area contributed by atoms with Crippen LogP contribution in [0.25, 0.3) is 0 Å². The van der Waals surface area contributed by atoms with Gasteiger partial charge in [0.25, 0.3) is 0 Å². The summed E-state index contributed by atoms with van der Waals surface area (Å²) in [5, 5.41) is 8.83. The molecule has 0 fully saturated rings. The van der Waals surface area contributed by atoms with E-state index in [-0.39, 0.29) is 18.9 Å². The summed E-state index contributed by atoms with van der Waals surface area (Å²) < 4.78 is 4.58. The molecular weight excluding hydrogens is 224 g/mol. The summed E-state index contributed by atoms with van der Waals surface area (Å²) >= 11 is 4.17. The Morgan fingerprint density at radius 2 is 2.25 bits per heavy atom. The molecule has 0 aliphatic heterocycles. The second-order valence-electron chi connectivity index (χ2n) is 3.21. The van der Waals surface area contributed by atoms with Crippen LogP contribution in [0.4, 0.5) is 0 Å². The smallest absolute Gasteiger partial charge is 0.309 e. The van der Waals surface area contributed by atoms with Crippen LogP contribution in [-0.4, -0.2) is 13.1 Å². The number of ether oxygens (including phenoxy) is 1. The van der Waals surface area contributed by atoms with Crippen LogP contribution in [0.1, 0.15) is 16.7 Å². The Labute approximate surface area is 99.4 Å². The number of nitrogens with zero attached hydrogens (tertiary/aromatic N) is 1. The van der Waals surface area contributed by atoms with E-state index in [1.807, 2.05) is 6.07 Å². The fraction of sp³-hybridized carbons (Fsp3) is 0.273. The SMILES string of the molecule is COC(=O)Cc1cc(S)c(C#N)cc1CN. The number of esters is 1. The maximum Gasteiger partial charge on any atom is 0.309 e. The van der Waals surface area contributed by atoms with Crippen LogP contribution in [0.5, 0.6) is 0 Å². The molecule has 5 heteroatoms. The molecule has 2 N–H and O–H groups in total. The Kier molecular flexibility index (Phi) is 4.35. The van der Waals surface area contributed by atoms with Crippen LogP contribution >= 0.6 is 12.6 Å². The lowest BCUT2D eigenvalue weighted by atomic mass is 10.0. The Morgan fingerprint density at radius 1 is 1.56 bits per heavy atom. The fourth-order valence-corrected chi connectivity index (χ4v) is 1.62. The molecule has 0 amide bonds. The summed E-state index contributed by atoms with van der Waals surface area (Å²) in [7, 11) is 1.33. The molecule has 0 unspecified atom stereocenters. The fourth-order valence-electron chi connectivity index (χ4n) is 1.35. The molecular formula is C11H12N2O2S. The molecule has 0 aromatic heterocycles. The summed E-state index contributed by atoms with van der Waals surface area (Å²) in [6.07, 6.45) is 0.141. The molecule has 1 aromatic carbocycles. The van der Waals surface area contributed by atoms with Crippen molar-refractivity contribution in [1.29, 1.82) is 5.26 Å². The minimum atomic E-state index is -0.341. The molecule has 84 valence electrons. The first-order chi connectivity index (χ1) is 7.62. The van der Waals surface area contributed by atoms with Crippen LogP contribution in [0.15, 0.2) is 17.0 Å². The minimum Gasteiger partial charge on any atom is -0.469 e. The van der Waals surface area contributed by atoms with Gasteiger partial charge in [-0.25, -0.2) is 0 Å². The lowest BCUT2D eigenvalue weighted by Crippen LogP contribution is -2.09. The zero-order valence-electron chi connectivity index (χ0n) is 8.86. The highest BCUT2D eigenvalue weighted by molar-refractivity contribution is 7.80. The van der Waals surface area contributed by atoms with Crippen molar-refractivity contribution in [3.05, 3.63) is 28.8 Å². The predicted molar refractivity (Wildman–Crippen MR) is 62.0 cm³/mol. The maximum atomic E-state index is 11.2. The third-order valence-electron chi connectivity index (χ3n) is 2.22. The van der Waals surface area contributed by atoms with Crippen molar-refractivity contribution in [2.75, 3.05) is 7.11 Å². The second-order valence-corrected chi connectivity index (χ2v) is 3.69. The standard InChI is InChI=1S/C11H12N2O2S/c1-15-11(14)4-7-3-10(16)9(6-13)2-8(7)5-12/h2-3,16H,4-5,12H2,1H3. The van der Waals surface area contributed by atoms with Gasteiger partial charge in [0.1, 0.15) is 6.07 Å². The van der Waals surface area contributed by atoms with Crippen molar-refractivity contribution in [3.8, 4) is 6.07 Å². The Bertz CT molecular complexity index is 452. The third kappa shape index (κ3) is 2.75. The van der Waals surface area contributed by atoms with E-state index in [4.69, 9.17) is 11.0 Å². The number of rotatable bonds is 3. The van der Waals surface area contributed by atoms with Gasteiger partial charge in [-0.15, -0.1) is 12.6 Å². The Morgan fingerprint density at radius 3 is 2.75 bits per heavy atom. The number of methoxy groups -OCH3 is 1. The van der Waals surface area contributed by atoms with Crippen molar-refractivity contribution < 1.29 is 9.53 Å². The number of carbonyl (C=O) groups excluding carboxylic acids is 1. The molecule has 0 radical (unpaired) electrons. The number of hydrogen-bond acceptors (Lipinski definition) is 5. The molecule has 0 heterocycles. The summed E-state index contributed by atoms with van der Waals surface area (Å²) in [5.74, 6) is -0.341. The molecule has 0 aliphatic rings. The average Bonchev–Trinajstić information content (AvgIpc) is 2.29. The van der Waals surface area contributed by atoms with Crippen LogP contribution in [0.3, 0.4) is 0 Å². The molecule has 0 aliphatic carbocycles. The summed E-state index contributed by atoms with van der Waals surface area (Å²) in [4.78, 5) is 11.7. The lowest BCUT2D eigenvalue weighted by molar-refractivity contribution is -0.139. The Hall–Kier alpha value is -1.51.